The average molecular weight is 247 g/mol. The number of allylic oxidation sites excluding steroid dienone is 8. The van der Waals surface area contributed by atoms with Gasteiger partial charge in [-0.15, -0.1) is 11.3 Å². The lowest BCUT2D eigenvalue weighted by Gasteiger charge is -2.06. The normalized spacial score (nSPS) is 18.1. The van der Waals surface area contributed by atoms with Crippen LogP contribution in [0, 0.1) is 0 Å². The molecule has 2 heteroatoms. The zero-order valence-corrected chi connectivity index (χ0v) is 10.3. The zero-order valence-electron chi connectivity index (χ0n) is 8.74. The predicted molar refractivity (Wildman–Crippen MR) is 72.8 cm³/mol. The minimum atomic E-state index is 0.915. The van der Waals surface area contributed by atoms with Gasteiger partial charge in [-0.25, -0.2) is 0 Å². The van der Waals surface area contributed by atoms with Crippen LogP contribution in [-0.4, -0.2) is 0 Å². The Morgan fingerprint density at radius 2 is 1.69 bits per heavy atom. The molecule has 0 saturated carbocycles. The van der Waals surface area contributed by atoms with Crippen LogP contribution in [0.4, 0.5) is 0 Å². The van der Waals surface area contributed by atoms with Gasteiger partial charge in [0, 0.05) is 10.9 Å². The van der Waals surface area contributed by atoms with Crippen molar-refractivity contribution in [1.82, 2.24) is 0 Å². The molecule has 0 nitrogen and oxygen atoms in total. The van der Waals surface area contributed by atoms with Crippen molar-refractivity contribution in [2.75, 3.05) is 0 Å². The third-order valence-corrected chi connectivity index (χ3v) is 4.18. The molecule has 0 radical (unpaired) electrons. The van der Waals surface area contributed by atoms with Crippen LogP contribution in [-0.2, 0) is 0 Å². The Balaban J connectivity index is 2.06. The quantitative estimate of drug-likeness (QED) is 0.682. The van der Waals surface area contributed by atoms with Crippen LogP contribution in [0.5, 0.6) is 0 Å². The van der Waals surface area contributed by atoms with Gasteiger partial charge >= 0.3 is 0 Å². The highest BCUT2D eigenvalue weighted by molar-refractivity contribution is 7.15. The first kappa shape index (κ1) is 10.1. The van der Waals surface area contributed by atoms with Gasteiger partial charge in [-0.1, -0.05) is 48.1 Å². The molecule has 0 atom stereocenters. The van der Waals surface area contributed by atoms with Crippen LogP contribution < -0.4 is 0 Å². The van der Waals surface area contributed by atoms with E-state index in [4.69, 9.17) is 11.6 Å². The second-order valence-corrected chi connectivity index (χ2v) is 5.43. The van der Waals surface area contributed by atoms with Gasteiger partial charge < -0.3 is 0 Å². The van der Waals surface area contributed by atoms with Crippen molar-refractivity contribution in [1.29, 1.82) is 0 Å². The van der Waals surface area contributed by atoms with E-state index in [1.165, 1.54) is 22.3 Å². The van der Waals surface area contributed by atoms with E-state index in [0.717, 1.165) is 17.2 Å². The summed E-state index contributed by atoms with van der Waals surface area (Å²) in [6.07, 6.45) is 15.0. The third-order valence-electron chi connectivity index (χ3n) is 2.96. The van der Waals surface area contributed by atoms with Crippen LogP contribution >= 0.6 is 22.9 Å². The first-order chi connectivity index (χ1) is 7.86. The zero-order chi connectivity index (χ0) is 11.0. The van der Waals surface area contributed by atoms with E-state index in [-0.39, 0.29) is 0 Å². The van der Waals surface area contributed by atoms with E-state index in [1.54, 1.807) is 11.3 Å². The number of halogens is 1. The van der Waals surface area contributed by atoms with Crippen molar-refractivity contribution < 1.29 is 0 Å². The van der Waals surface area contributed by atoms with Crippen molar-refractivity contribution in [3.63, 3.8) is 0 Å². The molecule has 0 saturated heterocycles. The van der Waals surface area contributed by atoms with Crippen molar-refractivity contribution in [2.45, 2.75) is 12.8 Å². The summed E-state index contributed by atoms with van der Waals surface area (Å²) in [6.45, 7) is 0. The topological polar surface area (TPSA) is 0 Å². The van der Waals surface area contributed by atoms with Crippen LogP contribution in [0.3, 0.4) is 0 Å². The predicted octanol–water partition coefficient (Wildman–Crippen LogP) is 5.09. The third kappa shape index (κ3) is 1.60. The summed E-state index contributed by atoms with van der Waals surface area (Å²) in [5.74, 6) is 0. The van der Waals surface area contributed by atoms with E-state index in [0.29, 0.717) is 0 Å². The molecule has 1 heterocycles. The summed E-state index contributed by atoms with van der Waals surface area (Å²) in [4.78, 5) is 0. The number of hydrogen-bond acceptors (Lipinski definition) is 1. The van der Waals surface area contributed by atoms with Crippen LogP contribution in [0.1, 0.15) is 24.0 Å². The van der Waals surface area contributed by atoms with Crippen LogP contribution in [0.2, 0.25) is 4.34 Å². The van der Waals surface area contributed by atoms with E-state index >= 15 is 0 Å². The Hall–Kier alpha value is -1.05. The first-order valence-electron chi connectivity index (χ1n) is 5.35. The fourth-order valence-corrected chi connectivity index (χ4v) is 3.36. The molecule has 0 amide bonds. The Kier molecular flexibility index (Phi) is 2.58. The van der Waals surface area contributed by atoms with Crippen molar-refractivity contribution in [2.24, 2.45) is 0 Å². The molecule has 1 aromatic rings. The van der Waals surface area contributed by atoms with Gasteiger partial charge in [0.1, 0.15) is 4.34 Å². The van der Waals surface area contributed by atoms with Crippen LogP contribution in [0.25, 0.3) is 11.1 Å². The van der Waals surface area contributed by atoms with Crippen molar-refractivity contribution in [3.05, 3.63) is 57.3 Å². The summed E-state index contributed by atoms with van der Waals surface area (Å²) < 4.78 is 0.915. The summed E-state index contributed by atoms with van der Waals surface area (Å²) in [5.41, 5.74) is 5.28. The van der Waals surface area contributed by atoms with Crippen molar-refractivity contribution >= 4 is 34.1 Å². The van der Waals surface area contributed by atoms with E-state index in [1.807, 2.05) is 0 Å². The summed E-state index contributed by atoms with van der Waals surface area (Å²) >= 11 is 7.94. The molecule has 2 aliphatic carbocycles. The van der Waals surface area contributed by atoms with Gasteiger partial charge in [0.2, 0.25) is 0 Å². The van der Waals surface area contributed by atoms with Gasteiger partial charge in [-0.3, -0.25) is 0 Å². The highest BCUT2D eigenvalue weighted by atomic mass is 35.5. The molecule has 0 fully saturated rings. The average Bonchev–Trinajstić information content (AvgIpc) is 2.96. The molecule has 2 aliphatic rings. The molecule has 0 bridgehead atoms. The minimum absolute atomic E-state index is 0.915. The Morgan fingerprint density at radius 1 is 1.00 bits per heavy atom. The van der Waals surface area contributed by atoms with Gasteiger partial charge in [0.25, 0.3) is 0 Å². The molecular formula is C14H11ClS. The van der Waals surface area contributed by atoms with Gasteiger partial charge in [-0.05, 0) is 29.6 Å². The Bertz CT molecular complexity index is 541. The van der Waals surface area contributed by atoms with Gasteiger partial charge in [0.05, 0.1) is 0 Å². The second-order valence-electron chi connectivity index (χ2n) is 3.95. The highest BCUT2D eigenvalue weighted by Gasteiger charge is 2.17. The summed E-state index contributed by atoms with van der Waals surface area (Å²) in [7, 11) is 0. The molecule has 0 aliphatic heterocycles. The Morgan fingerprint density at radius 3 is 2.31 bits per heavy atom. The van der Waals surface area contributed by atoms with E-state index in [9.17, 15) is 0 Å². The second kappa shape index (κ2) is 4.08. The smallest absolute Gasteiger partial charge is 0.101 e. The lowest BCUT2D eigenvalue weighted by atomic mass is 9.98. The van der Waals surface area contributed by atoms with E-state index < -0.39 is 0 Å². The fourth-order valence-electron chi connectivity index (χ4n) is 2.15. The molecule has 0 unspecified atom stereocenters. The van der Waals surface area contributed by atoms with Crippen LogP contribution in [0.15, 0.2) is 41.8 Å². The number of thiophene rings is 1. The molecule has 3 rings (SSSR count). The number of hydrogen-bond donors (Lipinski definition) is 0. The Labute approximate surface area is 104 Å². The summed E-state index contributed by atoms with van der Waals surface area (Å²) in [6, 6.07) is 0. The molecule has 0 spiro atoms. The molecule has 0 N–H and O–H groups in total. The maximum absolute atomic E-state index is 6.31. The molecule has 1 aromatic heterocycles. The minimum Gasteiger partial charge on any atom is -0.131 e. The lowest BCUT2D eigenvalue weighted by molar-refractivity contribution is 1.40. The SMILES string of the molecule is Clc1scc(C2=CC=CC2)c1C1=CC=CC1. The maximum atomic E-state index is 6.31. The number of rotatable bonds is 2. The monoisotopic (exact) mass is 246 g/mol. The molecular weight excluding hydrogens is 236 g/mol. The van der Waals surface area contributed by atoms with Gasteiger partial charge in [0.15, 0.2) is 0 Å². The van der Waals surface area contributed by atoms with E-state index in [2.05, 4.69) is 41.8 Å². The molecule has 16 heavy (non-hydrogen) atoms. The molecule has 0 aromatic carbocycles. The lowest BCUT2D eigenvalue weighted by Crippen LogP contribution is -1.87. The first-order valence-corrected chi connectivity index (χ1v) is 6.61. The largest absolute Gasteiger partial charge is 0.131 e. The standard InChI is InChI=1S/C14H11ClS/c15-14-13(11-7-3-4-8-11)12(9-16-14)10-5-1-2-6-10/h1-5,7,9H,6,8H2. The van der Waals surface area contributed by atoms with Crippen molar-refractivity contribution in [3.8, 4) is 0 Å². The fraction of sp³-hybridized carbons (Fsp3) is 0.143. The van der Waals surface area contributed by atoms with Gasteiger partial charge in [-0.2, -0.15) is 0 Å². The molecule has 80 valence electrons. The highest BCUT2D eigenvalue weighted by Crippen LogP contribution is 2.41. The summed E-state index contributed by atoms with van der Waals surface area (Å²) in [5, 5.41) is 2.18. The maximum Gasteiger partial charge on any atom is 0.101 e.